The number of carbonyl (C=O) groups is 1. The van der Waals surface area contributed by atoms with Gasteiger partial charge in [0.2, 0.25) is 0 Å². The van der Waals surface area contributed by atoms with E-state index in [1.807, 2.05) is 18.2 Å². The van der Waals surface area contributed by atoms with E-state index < -0.39 is 0 Å². The third-order valence-electron chi connectivity index (χ3n) is 4.39. The number of fused-ring (bicyclic) bond motifs is 1. The van der Waals surface area contributed by atoms with Crippen LogP contribution in [-0.2, 0) is 0 Å². The van der Waals surface area contributed by atoms with Gasteiger partial charge in [-0.25, -0.2) is 0 Å². The second kappa shape index (κ2) is 3.86. The SMILES string of the molecule is Cc1[nH]c2ccc(C(=O)NC3CC3(C)C)cc2c1C. The fraction of sp³-hybridized carbons (Fsp3) is 0.438. The van der Waals surface area contributed by atoms with Crippen molar-refractivity contribution in [2.75, 3.05) is 0 Å². The normalized spacial score (nSPS) is 20.5. The molecular weight excluding hydrogens is 236 g/mol. The van der Waals surface area contributed by atoms with Gasteiger partial charge in [-0.05, 0) is 49.4 Å². The van der Waals surface area contributed by atoms with Crippen LogP contribution < -0.4 is 5.32 Å². The number of hydrogen-bond acceptors (Lipinski definition) is 1. The third-order valence-corrected chi connectivity index (χ3v) is 4.39. The summed E-state index contributed by atoms with van der Waals surface area (Å²) in [6.45, 7) is 8.50. The zero-order valence-electron chi connectivity index (χ0n) is 11.9. The van der Waals surface area contributed by atoms with Crippen LogP contribution in [-0.4, -0.2) is 16.9 Å². The smallest absolute Gasteiger partial charge is 0.251 e. The number of amides is 1. The van der Waals surface area contributed by atoms with Crippen molar-refractivity contribution in [1.29, 1.82) is 0 Å². The molecule has 0 aliphatic heterocycles. The maximum absolute atomic E-state index is 12.2. The van der Waals surface area contributed by atoms with Crippen LogP contribution >= 0.6 is 0 Å². The van der Waals surface area contributed by atoms with Crippen molar-refractivity contribution in [1.82, 2.24) is 10.3 Å². The maximum Gasteiger partial charge on any atom is 0.251 e. The topological polar surface area (TPSA) is 44.9 Å². The standard InChI is InChI=1S/C16H20N2O/c1-9-10(2)17-13-6-5-11(7-12(9)13)15(19)18-14-8-16(14,3)4/h5-7,14,17H,8H2,1-4H3,(H,18,19). The van der Waals surface area contributed by atoms with Crippen LogP contribution in [0.5, 0.6) is 0 Å². The van der Waals surface area contributed by atoms with Gasteiger partial charge in [0.1, 0.15) is 0 Å². The van der Waals surface area contributed by atoms with Gasteiger partial charge < -0.3 is 10.3 Å². The number of aryl methyl sites for hydroxylation is 2. The summed E-state index contributed by atoms with van der Waals surface area (Å²) < 4.78 is 0. The van der Waals surface area contributed by atoms with Crippen LogP contribution in [0.3, 0.4) is 0 Å². The van der Waals surface area contributed by atoms with Gasteiger partial charge in [0.15, 0.2) is 0 Å². The van der Waals surface area contributed by atoms with Gasteiger partial charge >= 0.3 is 0 Å². The highest BCUT2D eigenvalue weighted by Crippen LogP contribution is 2.44. The van der Waals surface area contributed by atoms with Gasteiger partial charge in [0.25, 0.3) is 5.91 Å². The van der Waals surface area contributed by atoms with Crippen LogP contribution in [0, 0.1) is 19.3 Å². The second-order valence-corrected chi connectivity index (χ2v) is 6.35. The number of carbonyl (C=O) groups excluding carboxylic acids is 1. The fourth-order valence-electron chi connectivity index (χ4n) is 2.56. The molecule has 0 saturated heterocycles. The molecule has 1 unspecified atom stereocenters. The summed E-state index contributed by atoms with van der Waals surface area (Å²) in [5.41, 5.74) is 4.49. The lowest BCUT2D eigenvalue weighted by atomic mass is 10.1. The Morgan fingerprint density at radius 3 is 2.68 bits per heavy atom. The van der Waals surface area contributed by atoms with Gasteiger partial charge in [0, 0.05) is 28.2 Å². The number of hydrogen-bond donors (Lipinski definition) is 2. The molecule has 2 aromatic rings. The Morgan fingerprint density at radius 2 is 2.05 bits per heavy atom. The van der Waals surface area contributed by atoms with Crippen LogP contribution in [0.1, 0.15) is 41.9 Å². The number of aromatic amines is 1. The summed E-state index contributed by atoms with van der Waals surface area (Å²) in [6, 6.07) is 6.19. The Labute approximate surface area is 113 Å². The minimum absolute atomic E-state index is 0.0377. The first-order valence-electron chi connectivity index (χ1n) is 6.78. The molecule has 1 aromatic heterocycles. The van der Waals surface area contributed by atoms with E-state index in [0.29, 0.717) is 6.04 Å². The van der Waals surface area contributed by atoms with E-state index in [9.17, 15) is 4.79 Å². The maximum atomic E-state index is 12.2. The highest BCUT2D eigenvalue weighted by atomic mass is 16.1. The minimum atomic E-state index is 0.0377. The number of aromatic nitrogens is 1. The van der Waals surface area contributed by atoms with Crippen molar-refractivity contribution in [3.05, 3.63) is 35.0 Å². The Balaban J connectivity index is 1.88. The molecule has 3 heteroatoms. The summed E-state index contributed by atoms with van der Waals surface area (Å²) in [6.07, 6.45) is 1.07. The zero-order valence-corrected chi connectivity index (χ0v) is 11.9. The summed E-state index contributed by atoms with van der Waals surface area (Å²) >= 11 is 0. The lowest BCUT2D eigenvalue weighted by Gasteiger charge is -2.07. The molecule has 3 nitrogen and oxygen atoms in total. The fourth-order valence-corrected chi connectivity index (χ4v) is 2.56. The molecule has 3 rings (SSSR count). The largest absolute Gasteiger partial charge is 0.358 e. The van der Waals surface area contributed by atoms with E-state index >= 15 is 0 Å². The van der Waals surface area contributed by atoms with Gasteiger partial charge in [-0.15, -0.1) is 0 Å². The van der Waals surface area contributed by atoms with Gasteiger partial charge in [0.05, 0.1) is 0 Å². The summed E-state index contributed by atoms with van der Waals surface area (Å²) in [5.74, 6) is 0.0377. The second-order valence-electron chi connectivity index (χ2n) is 6.35. The molecule has 0 radical (unpaired) electrons. The molecule has 0 spiro atoms. The van der Waals surface area contributed by atoms with Crippen molar-refractivity contribution in [3.8, 4) is 0 Å². The molecule has 1 atom stereocenters. The van der Waals surface area contributed by atoms with Crippen LogP contribution in [0.4, 0.5) is 0 Å². The molecule has 100 valence electrons. The molecule has 19 heavy (non-hydrogen) atoms. The molecular formula is C16H20N2O. The van der Waals surface area contributed by atoms with E-state index in [1.165, 1.54) is 5.56 Å². The van der Waals surface area contributed by atoms with E-state index in [0.717, 1.165) is 28.6 Å². The Hall–Kier alpha value is -1.77. The zero-order chi connectivity index (χ0) is 13.8. The summed E-state index contributed by atoms with van der Waals surface area (Å²) in [4.78, 5) is 15.6. The third kappa shape index (κ3) is 2.03. The quantitative estimate of drug-likeness (QED) is 0.850. The lowest BCUT2D eigenvalue weighted by molar-refractivity contribution is 0.0946. The summed E-state index contributed by atoms with van der Waals surface area (Å²) in [7, 11) is 0. The predicted molar refractivity (Wildman–Crippen MR) is 77.4 cm³/mol. The van der Waals surface area contributed by atoms with Crippen molar-refractivity contribution >= 4 is 16.8 Å². The minimum Gasteiger partial charge on any atom is -0.358 e. The highest BCUT2D eigenvalue weighted by molar-refractivity contribution is 5.99. The van der Waals surface area contributed by atoms with E-state index in [2.05, 4.69) is 38.0 Å². The van der Waals surface area contributed by atoms with Crippen LogP contribution in [0.25, 0.3) is 10.9 Å². The molecule has 1 aliphatic rings. The highest BCUT2D eigenvalue weighted by Gasteiger charge is 2.46. The average Bonchev–Trinajstić information content (AvgIpc) is 2.84. The molecule has 1 saturated carbocycles. The first kappa shape index (κ1) is 12.3. The molecule has 1 fully saturated rings. The molecule has 1 amide bonds. The molecule has 1 heterocycles. The van der Waals surface area contributed by atoms with Crippen molar-refractivity contribution < 1.29 is 4.79 Å². The first-order valence-corrected chi connectivity index (χ1v) is 6.78. The number of rotatable bonds is 2. The van der Waals surface area contributed by atoms with E-state index in [-0.39, 0.29) is 11.3 Å². The average molecular weight is 256 g/mol. The molecule has 0 bridgehead atoms. The molecule has 2 N–H and O–H groups in total. The number of nitrogens with one attached hydrogen (secondary N) is 2. The Morgan fingerprint density at radius 1 is 1.37 bits per heavy atom. The van der Waals surface area contributed by atoms with Crippen molar-refractivity contribution in [2.45, 2.75) is 40.2 Å². The number of H-pyrrole nitrogens is 1. The van der Waals surface area contributed by atoms with Crippen LogP contribution in [0.2, 0.25) is 0 Å². The van der Waals surface area contributed by atoms with Crippen molar-refractivity contribution in [3.63, 3.8) is 0 Å². The Kier molecular flexibility index (Phi) is 2.49. The number of benzene rings is 1. The lowest BCUT2D eigenvalue weighted by Crippen LogP contribution is -2.28. The van der Waals surface area contributed by atoms with Gasteiger partial charge in [-0.1, -0.05) is 13.8 Å². The van der Waals surface area contributed by atoms with E-state index in [4.69, 9.17) is 0 Å². The van der Waals surface area contributed by atoms with E-state index in [1.54, 1.807) is 0 Å². The van der Waals surface area contributed by atoms with Crippen molar-refractivity contribution in [2.24, 2.45) is 5.41 Å². The van der Waals surface area contributed by atoms with Gasteiger partial charge in [-0.3, -0.25) is 4.79 Å². The predicted octanol–water partition coefficient (Wildman–Crippen LogP) is 3.31. The summed E-state index contributed by atoms with van der Waals surface area (Å²) in [5, 5.41) is 4.24. The Bertz CT molecular complexity index is 667. The molecule has 1 aromatic carbocycles. The molecule has 1 aliphatic carbocycles. The van der Waals surface area contributed by atoms with Gasteiger partial charge in [-0.2, -0.15) is 0 Å². The van der Waals surface area contributed by atoms with Crippen LogP contribution in [0.15, 0.2) is 18.2 Å². The first-order chi connectivity index (χ1) is 8.88. The monoisotopic (exact) mass is 256 g/mol.